The number of amides is 1. The van der Waals surface area contributed by atoms with Crippen molar-refractivity contribution in [3.8, 4) is 0 Å². The fraction of sp³-hybridized carbons (Fsp3) is 0.667. The van der Waals surface area contributed by atoms with E-state index < -0.39 is 17.4 Å². The molecular weight excluding hydrogens is 304 g/mol. The zero-order chi connectivity index (χ0) is 16.2. The van der Waals surface area contributed by atoms with Gasteiger partial charge in [0, 0.05) is 12.5 Å². The minimum atomic E-state index is -1.16. The molecule has 1 aliphatic carbocycles. The Bertz CT molecular complexity index is 535. The van der Waals surface area contributed by atoms with Crippen LogP contribution in [0.1, 0.15) is 54.5 Å². The maximum absolute atomic E-state index is 12.3. The molecular formula is C15H22N2O4S. The standard InChI is InChI=1S/C15H22N2O4S/c1-3-10-4-6-15(7-5-10,14(19)20)17-13(18)11-9-22-12(16-11)8-21-2/h9-10H,3-8H2,1-2H3,(H,17,18)(H,19,20). The number of rotatable bonds is 6. The third kappa shape index (κ3) is 3.64. The Morgan fingerprint density at radius 1 is 1.50 bits per heavy atom. The molecule has 1 aromatic heterocycles. The van der Waals surface area contributed by atoms with E-state index in [9.17, 15) is 14.7 Å². The number of methoxy groups -OCH3 is 1. The van der Waals surface area contributed by atoms with E-state index in [1.807, 2.05) is 0 Å². The summed E-state index contributed by atoms with van der Waals surface area (Å²) >= 11 is 1.33. The van der Waals surface area contributed by atoms with Gasteiger partial charge in [-0.05, 0) is 31.6 Å². The number of hydrogen-bond donors (Lipinski definition) is 2. The molecule has 6 nitrogen and oxygen atoms in total. The molecule has 22 heavy (non-hydrogen) atoms. The van der Waals surface area contributed by atoms with E-state index in [0.29, 0.717) is 30.4 Å². The minimum Gasteiger partial charge on any atom is -0.480 e. The van der Waals surface area contributed by atoms with Crippen LogP contribution < -0.4 is 5.32 Å². The molecule has 1 aromatic rings. The second-order valence-electron chi connectivity index (χ2n) is 5.75. The zero-order valence-electron chi connectivity index (χ0n) is 12.9. The van der Waals surface area contributed by atoms with Gasteiger partial charge >= 0.3 is 5.97 Å². The van der Waals surface area contributed by atoms with Crippen LogP contribution in [-0.2, 0) is 16.1 Å². The van der Waals surface area contributed by atoms with Crippen LogP contribution in [0.25, 0.3) is 0 Å². The fourth-order valence-electron chi connectivity index (χ4n) is 2.86. The van der Waals surface area contributed by atoms with E-state index in [2.05, 4.69) is 17.2 Å². The van der Waals surface area contributed by atoms with E-state index in [0.717, 1.165) is 19.3 Å². The molecule has 0 radical (unpaired) electrons. The molecule has 0 aliphatic heterocycles. The van der Waals surface area contributed by atoms with Crippen molar-refractivity contribution in [2.24, 2.45) is 5.92 Å². The third-order valence-corrected chi connectivity index (χ3v) is 5.17. The quantitative estimate of drug-likeness (QED) is 0.838. The summed E-state index contributed by atoms with van der Waals surface area (Å²) < 4.78 is 4.98. The SMILES string of the molecule is CCC1CCC(NC(=O)c2csc(COC)n2)(C(=O)O)CC1. The summed E-state index contributed by atoms with van der Waals surface area (Å²) in [5.74, 6) is -0.823. The predicted molar refractivity (Wildman–Crippen MR) is 82.9 cm³/mol. The van der Waals surface area contributed by atoms with Crippen LogP contribution in [0.2, 0.25) is 0 Å². The molecule has 2 rings (SSSR count). The van der Waals surface area contributed by atoms with Gasteiger partial charge in [-0.2, -0.15) is 0 Å². The van der Waals surface area contributed by atoms with Gasteiger partial charge in [0.05, 0.1) is 6.61 Å². The van der Waals surface area contributed by atoms with Gasteiger partial charge in [-0.25, -0.2) is 9.78 Å². The maximum Gasteiger partial charge on any atom is 0.329 e. The van der Waals surface area contributed by atoms with Crippen molar-refractivity contribution in [3.63, 3.8) is 0 Å². The number of aliphatic carboxylic acids is 1. The second kappa shape index (κ2) is 7.19. The second-order valence-corrected chi connectivity index (χ2v) is 6.70. The number of carbonyl (C=O) groups excluding carboxylic acids is 1. The molecule has 1 heterocycles. The van der Waals surface area contributed by atoms with Crippen LogP contribution in [0.5, 0.6) is 0 Å². The normalized spacial score (nSPS) is 24.9. The van der Waals surface area contributed by atoms with Gasteiger partial charge < -0.3 is 15.2 Å². The summed E-state index contributed by atoms with van der Waals surface area (Å²) in [5, 5.41) is 14.6. The lowest BCUT2D eigenvalue weighted by Gasteiger charge is -2.37. The van der Waals surface area contributed by atoms with Crippen LogP contribution >= 0.6 is 11.3 Å². The van der Waals surface area contributed by atoms with Crippen LogP contribution in [0.4, 0.5) is 0 Å². The first-order valence-corrected chi connectivity index (χ1v) is 8.38. The summed E-state index contributed by atoms with van der Waals surface area (Å²) in [6, 6.07) is 0. The summed E-state index contributed by atoms with van der Waals surface area (Å²) in [4.78, 5) is 28.2. The number of thiazole rings is 1. The first kappa shape index (κ1) is 16.9. The van der Waals surface area contributed by atoms with Gasteiger partial charge in [0.15, 0.2) is 0 Å². The third-order valence-electron chi connectivity index (χ3n) is 4.35. The van der Waals surface area contributed by atoms with Gasteiger partial charge in [0.2, 0.25) is 0 Å². The summed E-state index contributed by atoms with van der Waals surface area (Å²) in [5.41, 5.74) is -0.899. The molecule has 0 aromatic carbocycles. The van der Waals surface area contributed by atoms with Crippen molar-refractivity contribution in [1.29, 1.82) is 0 Å². The molecule has 1 fully saturated rings. The fourth-order valence-corrected chi connectivity index (χ4v) is 3.60. The molecule has 1 amide bonds. The number of carboxylic acids is 1. The first-order valence-electron chi connectivity index (χ1n) is 7.50. The van der Waals surface area contributed by atoms with Crippen LogP contribution in [0, 0.1) is 5.92 Å². The van der Waals surface area contributed by atoms with Crippen molar-refractivity contribution in [2.45, 2.75) is 51.2 Å². The molecule has 1 aliphatic rings. The largest absolute Gasteiger partial charge is 0.480 e. The van der Waals surface area contributed by atoms with Crippen LogP contribution in [-0.4, -0.2) is 34.6 Å². The molecule has 0 atom stereocenters. The summed E-state index contributed by atoms with van der Waals surface area (Å²) in [7, 11) is 1.56. The molecule has 0 saturated heterocycles. The smallest absolute Gasteiger partial charge is 0.329 e. The Morgan fingerprint density at radius 3 is 2.73 bits per heavy atom. The topological polar surface area (TPSA) is 88.5 Å². The Labute approximate surface area is 133 Å². The number of aromatic nitrogens is 1. The Balaban J connectivity index is 2.07. The maximum atomic E-state index is 12.3. The highest BCUT2D eigenvalue weighted by atomic mass is 32.1. The van der Waals surface area contributed by atoms with E-state index in [4.69, 9.17) is 4.74 Å². The Kier molecular flexibility index (Phi) is 5.52. The predicted octanol–water partition coefficient (Wildman–Crippen LogP) is 2.44. The monoisotopic (exact) mass is 326 g/mol. The van der Waals surface area contributed by atoms with Crippen molar-refractivity contribution in [1.82, 2.24) is 10.3 Å². The highest BCUT2D eigenvalue weighted by molar-refractivity contribution is 7.09. The number of ether oxygens (including phenoxy) is 1. The zero-order valence-corrected chi connectivity index (χ0v) is 13.7. The van der Waals surface area contributed by atoms with E-state index in [1.54, 1.807) is 12.5 Å². The molecule has 7 heteroatoms. The van der Waals surface area contributed by atoms with Gasteiger partial charge in [0.1, 0.15) is 16.2 Å². The molecule has 1 saturated carbocycles. The molecule has 0 bridgehead atoms. The molecule has 0 spiro atoms. The lowest BCUT2D eigenvalue weighted by molar-refractivity contribution is -0.146. The molecule has 122 valence electrons. The number of carbonyl (C=O) groups is 2. The number of nitrogens with zero attached hydrogens (tertiary/aromatic N) is 1. The van der Waals surface area contributed by atoms with Gasteiger partial charge in [0.25, 0.3) is 5.91 Å². The lowest BCUT2D eigenvalue weighted by atomic mass is 9.75. The first-order chi connectivity index (χ1) is 10.5. The van der Waals surface area contributed by atoms with Gasteiger partial charge in [-0.1, -0.05) is 13.3 Å². The Hall–Kier alpha value is -1.47. The number of hydrogen-bond acceptors (Lipinski definition) is 5. The number of nitrogens with one attached hydrogen (secondary N) is 1. The van der Waals surface area contributed by atoms with Crippen molar-refractivity contribution in [2.75, 3.05) is 7.11 Å². The van der Waals surface area contributed by atoms with E-state index in [-0.39, 0.29) is 5.69 Å². The van der Waals surface area contributed by atoms with Gasteiger partial charge in [-0.15, -0.1) is 11.3 Å². The van der Waals surface area contributed by atoms with Crippen LogP contribution in [0.15, 0.2) is 5.38 Å². The molecule has 2 N–H and O–H groups in total. The van der Waals surface area contributed by atoms with E-state index >= 15 is 0 Å². The average molecular weight is 326 g/mol. The minimum absolute atomic E-state index is 0.260. The molecule has 0 unspecified atom stereocenters. The average Bonchev–Trinajstić information content (AvgIpc) is 2.97. The highest BCUT2D eigenvalue weighted by Gasteiger charge is 2.43. The lowest BCUT2D eigenvalue weighted by Crippen LogP contribution is -2.56. The van der Waals surface area contributed by atoms with Crippen molar-refractivity contribution < 1.29 is 19.4 Å². The van der Waals surface area contributed by atoms with E-state index in [1.165, 1.54) is 11.3 Å². The highest BCUT2D eigenvalue weighted by Crippen LogP contribution is 2.34. The summed E-state index contributed by atoms with van der Waals surface area (Å²) in [6.45, 7) is 2.46. The van der Waals surface area contributed by atoms with Crippen molar-refractivity contribution in [3.05, 3.63) is 16.1 Å². The van der Waals surface area contributed by atoms with Gasteiger partial charge in [-0.3, -0.25) is 4.79 Å². The Morgan fingerprint density at radius 2 is 2.18 bits per heavy atom. The van der Waals surface area contributed by atoms with Crippen LogP contribution in [0.3, 0.4) is 0 Å². The summed E-state index contributed by atoms with van der Waals surface area (Å²) in [6.07, 6.45) is 3.66. The number of carboxylic acid groups (broad SMARTS) is 1. The van der Waals surface area contributed by atoms with Crippen molar-refractivity contribution >= 4 is 23.2 Å².